The first-order valence-corrected chi connectivity index (χ1v) is 6.04. The lowest BCUT2D eigenvalue weighted by Gasteiger charge is -2.09. The van der Waals surface area contributed by atoms with Gasteiger partial charge in [0.15, 0.2) is 0 Å². The normalized spacial score (nSPS) is 15.5. The highest BCUT2D eigenvalue weighted by Gasteiger charge is 2.19. The van der Waals surface area contributed by atoms with Crippen molar-refractivity contribution in [3.05, 3.63) is 30.3 Å². The van der Waals surface area contributed by atoms with Gasteiger partial charge in [0.25, 0.3) is 0 Å². The minimum atomic E-state index is -3.28. The van der Waals surface area contributed by atoms with Gasteiger partial charge in [0, 0.05) is 17.7 Å². The summed E-state index contributed by atoms with van der Waals surface area (Å²) >= 11 is 0. The third-order valence-electron chi connectivity index (χ3n) is 1.80. The molecule has 0 fully saturated rings. The van der Waals surface area contributed by atoms with Gasteiger partial charge in [-0.3, -0.25) is 4.57 Å². The van der Waals surface area contributed by atoms with Gasteiger partial charge in [-0.15, -0.1) is 5.16 Å². The molecule has 0 heterocycles. The molecular weight excluding hydrogens is 201 g/mol. The lowest BCUT2D eigenvalue weighted by Crippen LogP contribution is -2.06. The van der Waals surface area contributed by atoms with E-state index in [9.17, 15) is 9.46 Å². The second kappa shape index (κ2) is 4.94. The van der Waals surface area contributed by atoms with Crippen LogP contribution in [0.2, 0.25) is 0 Å². The summed E-state index contributed by atoms with van der Waals surface area (Å²) in [6.45, 7) is 0. The quantitative estimate of drug-likeness (QED) is 0.344. The predicted octanol–water partition coefficient (Wildman–Crippen LogP) is 1.43. The Bertz CT molecular complexity index is 350. The van der Waals surface area contributed by atoms with Gasteiger partial charge in [0.1, 0.15) is 0 Å². The van der Waals surface area contributed by atoms with E-state index < -0.39 is 7.37 Å². The molecule has 1 unspecified atom stereocenters. The first-order valence-electron chi connectivity index (χ1n) is 4.20. The average Bonchev–Trinajstić information content (AvgIpc) is 2.19. The number of oxime groups is 1. The average molecular weight is 213 g/mol. The smallest absolute Gasteiger partial charge is 0.229 e. The van der Waals surface area contributed by atoms with Gasteiger partial charge in [-0.05, 0) is 18.6 Å². The van der Waals surface area contributed by atoms with Crippen LogP contribution in [-0.2, 0) is 4.57 Å². The molecule has 2 N–H and O–H groups in total. The fourth-order valence-electron chi connectivity index (χ4n) is 1.08. The monoisotopic (exact) mass is 213 g/mol. The Morgan fingerprint density at radius 3 is 2.57 bits per heavy atom. The zero-order chi connectivity index (χ0) is 10.4. The second-order valence-corrected chi connectivity index (χ2v) is 5.21. The van der Waals surface area contributed by atoms with Crippen LogP contribution >= 0.6 is 7.37 Å². The van der Waals surface area contributed by atoms with Crippen molar-refractivity contribution < 1.29 is 14.7 Å². The Labute approximate surface area is 82.3 Å². The number of rotatable bonds is 4. The molecule has 0 aliphatic carbocycles. The van der Waals surface area contributed by atoms with E-state index >= 15 is 0 Å². The molecule has 0 spiro atoms. The minimum Gasteiger partial charge on any atom is -0.411 e. The highest BCUT2D eigenvalue weighted by atomic mass is 31.2. The summed E-state index contributed by atoms with van der Waals surface area (Å²) in [6, 6.07) is 8.48. The molecule has 1 aromatic rings. The van der Waals surface area contributed by atoms with Gasteiger partial charge in [-0.2, -0.15) is 0 Å². The van der Waals surface area contributed by atoms with Gasteiger partial charge >= 0.3 is 0 Å². The highest BCUT2D eigenvalue weighted by Crippen LogP contribution is 2.39. The summed E-state index contributed by atoms with van der Waals surface area (Å²) in [7, 11) is -3.28. The summed E-state index contributed by atoms with van der Waals surface area (Å²) < 4.78 is 11.7. The molecule has 14 heavy (non-hydrogen) atoms. The molecule has 1 aromatic carbocycles. The SMILES string of the molecule is O=P(O)(CCC=NO)c1ccccc1. The van der Waals surface area contributed by atoms with Crippen LogP contribution in [0.15, 0.2) is 35.5 Å². The molecule has 0 aliphatic heterocycles. The maximum Gasteiger partial charge on any atom is 0.229 e. The maximum absolute atomic E-state index is 11.7. The highest BCUT2D eigenvalue weighted by molar-refractivity contribution is 7.66. The van der Waals surface area contributed by atoms with E-state index in [1.165, 1.54) is 6.21 Å². The van der Waals surface area contributed by atoms with E-state index in [2.05, 4.69) is 5.16 Å². The van der Waals surface area contributed by atoms with Crippen molar-refractivity contribution in [2.45, 2.75) is 6.42 Å². The molecule has 1 atom stereocenters. The molecule has 0 amide bonds. The zero-order valence-corrected chi connectivity index (χ0v) is 8.47. The molecule has 76 valence electrons. The third-order valence-corrected chi connectivity index (χ3v) is 3.77. The van der Waals surface area contributed by atoms with Crippen LogP contribution in [0.3, 0.4) is 0 Å². The van der Waals surface area contributed by atoms with E-state index in [0.717, 1.165) is 0 Å². The fourth-order valence-corrected chi connectivity index (χ4v) is 2.44. The molecular formula is C9H12NO3P. The van der Waals surface area contributed by atoms with E-state index in [0.29, 0.717) is 11.7 Å². The molecule has 5 heteroatoms. The van der Waals surface area contributed by atoms with E-state index in [4.69, 9.17) is 5.21 Å². The van der Waals surface area contributed by atoms with Crippen molar-refractivity contribution in [1.29, 1.82) is 0 Å². The maximum atomic E-state index is 11.7. The topological polar surface area (TPSA) is 69.9 Å². The van der Waals surface area contributed by atoms with Crippen LogP contribution in [0.25, 0.3) is 0 Å². The summed E-state index contributed by atoms with van der Waals surface area (Å²) in [5.74, 6) is 0. The zero-order valence-electron chi connectivity index (χ0n) is 7.58. The van der Waals surface area contributed by atoms with E-state index in [-0.39, 0.29) is 6.16 Å². The lowest BCUT2D eigenvalue weighted by molar-refractivity contribution is 0.320. The lowest BCUT2D eigenvalue weighted by atomic mass is 10.4. The first kappa shape index (κ1) is 11.0. The molecule has 0 aromatic heterocycles. The van der Waals surface area contributed by atoms with Gasteiger partial charge in [-0.25, -0.2) is 0 Å². The standard InChI is InChI=1S/C9H12NO3P/c11-10-7-4-8-14(12,13)9-5-2-1-3-6-9/h1-3,5-7,11H,4,8H2,(H,12,13). The molecule has 0 saturated heterocycles. The van der Waals surface area contributed by atoms with Crippen LogP contribution in [0.1, 0.15) is 6.42 Å². The molecule has 0 saturated carbocycles. The first-order chi connectivity index (χ1) is 6.67. The summed E-state index contributed by atoms with van der Waals surface area (Å²) in [6.07, 6.45) is 1.60. The van der Waals surface area contributed by atoms with Crippen molar-refractivity contribution >= 4 is 18.9 Å². The van der Waals surface area contributed by atoms with Crippen LogP contribution in [0, 0.1) is 0 Å². The third kappa shape index (κ3) is 2.98. The van der Waals surface area contributed by atoms with E-state index in [1.54, 1.807) is 30.3 Å². The van der Waals surface area contributed by atoms with Crippen molar-refractivity contribution in [2.75, 3.05) is 6.16 Å². The van der Waals surface area contributed by atoms with Gasteiger partial charge in [0.05, 0.1) is 0 Å². The fraction of sp³-hybridized carbons (Fsp3) is 0.222. The van der Waals surface area contributed by atoms with Crippen LogP contribution in [0.5, 0.6) is 0 Å². The Hall–Kier alpha value is -1.12. The summed E-state index contributed by atoms with van der Waals surface area (Å²) in [4.78, 5) is 9.62. The number of nitrogens with zero attached hydrogens (tertiary/aromatic N) is 1. The van der Waals surface area contributed by atoms with Crippen molar-refractivity contribution in [3.8, 4) is 0 Å². The Morgan fingerprint density at radius 2 is 2.00 bits per heavy atom. The number of hydrogen-bond donors (Lipinski definition) is 2. The molecule has 0 aliphatic rings. The molecule has 0 bridgehead atoms. The van der Waals surface area contributed by atoms with Crippen LogP contribution in [-0.4, -0.2) is 22.5 Å². The van der Waals surface area contributed by atoms with Gasteiger partial charge in [0.2, 0.25) is 7.37 Å². The minimum absolute atomic E-state index is 0.0983. The second-order valence-electron chi connectivity index (χ2n) is 2.85. The molecule has 0 radical (unpaired) electrons. The Morgan fingerprint density at radius 1 is 1.36 bits per heavy atom. The van der Waals surface area contributed by atoms with Crippen molar-refractivity contribution in [2.24, 2.45) is 5.16 Å². The van der Waals surface area contributed by atoms with E-state index in [1.807, 2.05) is 0 Å². The van der Waals surface area contributed by atoms with Crippen LogP contribution < -0.4 is 5.30 Å². The van der Waals surface area contributed by atoms with Gasteiger partial charge in [-0.1, -0.05) is 18.2 Å². The molecule has 1 rings (SSSR count). The molecule has 4 nitrogen and oxygen atoms in total. The summed E-state index contributed by atoms with van der Waals surface area (Å²) in [5, 5.41) is 11.3. The van der Waals surface area contributed by atoms with Gasteiger partial charge < -0.3 is 10.1 Å². The van der Waals surface area contributed by atoms with Crippen molar-refractivity contribution in [3.63, 3.8) is 0 Å². The predicted molar refractivity (Wildman–Crippen MR) is 55.7 cm³/mol. The largest absolute Gasteiger partial charge is 0.411 e. The van der Waals surface area contributed by atoms with Crippen LogP contribution in [0.4, 0.5) is 0 Å². The summed E-state index contributed by atoms with van der Waals surface area (Å²) in [5.41, 5.74) is 0. The number of hydrogen-bond acceptors (Lipinski definition) is 3. The Kier molecular flexibility index (Phi) is 3.86. The van der Waals surface area contributed by atoms with Crippen molar-refractivity contribution in [1.82, 2.24) is 0 Å². The Balaban J connectivity index is 2.71. The number of benzene rings is 1.